The highest BCUT2D eigenvalue weighted by Gasteiger charge is 2.28. The number of ketones is 1. The van der Waals surface area contributed by atoms with Crippen LogP contribution in [0.3, 0.4) is 0 Å². The van der Waals surface area contributed by atoms with Gasteiger partial charge in [0.2, 0.25) is 5.78 Å². The van der Waals surface area contributed by atoms with E-state index in [4.69, 9.17) is 9.47 Å². The number of esters is 1. The zero-order valence-corrected chi connectivity index (χ0v) is 17.2. The second kappa shape index (κ2) is 8.29. The van der Waals surface area contributed by atoms with Gasteiger partial charge in [0.25, 0.3) is 0 Å². The summed E-state index contributed by atoms with van der Waals surface area (Å²) in [5.41, 5.74) is 4.09. The van der Waals surface area contributed by atoms with Gasteiger partial charge < -0.3 is 18.9 Å². The Morgan fingerprint density at radius 2 is 1.75 bits per heavy atom. The van der Waals surface area contributed by atoms with Crippen molar-refractivity contribution in [2.45, 2.75) is 39.9 Å². The zero-order chi connectivity index (χ0) is 20.4. The summed E-state index contributed by atoms with van der Waals surface area (Å²) in [6.45, 7) is 10.3. The predicted molar refractivity (Wildman–Crippen MR) is 106 cm³/mol. The number of aromatic nitrogens is 1. The average molecular weight is 385 g/mol. The van der Waals surface area contributed by atoms with E-state index in [1.54, 1.807) is 12.1 Å². The first kappa shape index (κ1) is 20.3. The molecule has 6 heteroatoms. The summed E-state index contributed by atoms with van der Waals surface area (Å²) in [7, 11) is 1.37. The molecular formula is C22H29N2O4+. The summed E-state index contributed by atoms with van der Waals surface area (Å²) in [6, 6.07) is 9.18. The molecule has 0 radical (unpaired) electrons. The molecule has 1 aliphatic rings. The molecule has 0 spiro atoms. The van der Waals surface area contributed by atoms with Gasteiger partial charge in [-0.3, -0.25) is 4.79 Å². The molecule has 1 aliphatic heterocycles. The molecule has 2 atom stereocenters. The number of aryl methyl sites for hydroxylation is 1. The fourth-order valence-corrected chi connectivity index (χ4v) is 4.16. The van der Waals surface area contributed by atoms with Crippen LogP contribution in [-0.4, -0.2) is 55.3 Å². The van der Waals surface area contributed by atoms with Gasteiger partial charge in [0.05, 0.1) is 12.7 Å². The Labute approximate surface area is 166 Å². The maximum Gasteiger partial charge on any atom is 0.337 e. The summed E-state index contributed by atoms with van der Waals surface area (Å²) in [4.78, 5) is 25.9. The topological polar surface area (TPSA) is 62.0 Å². The summed E-state index contributed by atoms with van der Waals surface area (Å²) in [6.07, 6.45) is 0.347. The Kier molecular flexibility index (Phi) is 6.01. The van der Waals surface area contributed by atoms with E-state index in [9.17, 15) is 9.59 Å². The molecule has 28 heavy (non-hydrogen) atoms. The van der Waals surface area contributed by atoms with Crippen molar-refractivity contribution in [3.63, 3.8) is 0 Å². The van der Waals surface area contributed by atoms with Gasteiger partial charge in [-0.1, -0.05) is 0 Å². The lowest BCUT2D eigenvalue weighted by Gasteiger charge is -2.31. The van der Waals surface area contributed by atoms with Gasteiger partial charge in [-0.25, -0.2) is 4.79 Å². The molecule has 0 saturated carbocycles. The van der Waals surface area contributed by atoms with E-state index < -0.39 is 0 Å². The maximum atomic E-state index is 13.0. The van der Waals surface area contributed by atoms with Crippen molar-refractivity contribution in [2.24, 2.45) is 0 Å². The fourth-order valence-electron chi connectivity index (χ4n) is 4.16. The molecule has 3 rings (SSSR count). The van der Waals surface area contributed by atoms with Crippen LogP contribution >= 0.6 is 0 Å². The van der Waals surface area contributed by atoms with Gasteiger partial charge in [0.1, 0.15) is 31.8 Å². The third-order valence-corrected chi connectivity index (χ3v) is 5.31. The molecule has 0 aliphatic carbocycles. The van der Waals surface area contributed by atoms with Crippen LogP contribution in [0.2, 0.25) is 0 Å². The molecule has 1 aromatic heterocycles. The quantitative estimate of drug-likeness (QED) is 0.629. The first-order valence-corrected chi connectivity index (χ1v) is 9.70. The van der Waals surface area contributed by atoms with E-state index in [1.807, 2.05) is 36.6 Å². The van der Waals surface area contributed by atoms with Gasteiger partial charge in [-0.2, -0.15) is 0 Å². The van der Waals surface area contributed by atoms with Crippen LogP contribution in [0.15, 0.2) is 30.3 Å². The van der Waals surface area contributed by atoms with Crippen molar-refractivity contribution in [3.05, 3.63) is 52.8 Å². The molecular weight excluding hydrogens is 356 g/mol. The molecule has 0 amide bonds. The molecule has 1 saturated heterocycles. The number of Topliss-reactive ketones (excluding diaryl/α,β-unsaturated/α-hetero) is 1. The molecule has 0 bridgehead atoms. The first-order valence-electron chi connectivity index (χ1n) is 9.70. The maximum absolute atomic E-state index is 13.0. The Morgan fingerprint density at radius 1 is 1.14 bits per heavy atom. The lowest BCUT2D eigenvalue weighted by Crippen LogP contribution is -3.16. The van der Waals surface area contributed by atoms with E-state index >= 15 is 0 Å². The number of hydrogen-bond acceptors (Lipinski definition) is 4. The van der Waals surface area contributed by atoms with Crippen LogP contribution in [-0.2, 0) is 9.47 Å². The van der Waals surface area contributed by atoms with Crippen LogP contribution in [0, 0.1) is 13.8 Å². The summed E-state index contributed by atoms with van der Waals surface area (Å²) < 4.78 is 12.6. The molecule has 150 valence electrons. The van der Waals surface area contributed by atoms with Crippen LogP contribution < -0.4 is 4.90 Å². The van der Waals surface area contributed by atoms with Crippen LogP contribution in [0.4, 0.5) is 0 Å². The third-order valence-electron chi connectivity index (χ3n) is 5.31. The predicted octanol–water partition coefficient (Wildman–Crippen LogP) is 1.76. The number of morpholine rings is 1. The second-order valence-electron chi connectivity index (χ2n) is 7.67. The third kappa shape index (κ3) is 4.18. The van der Waals surface area contributed by atoms with Crippen molar-refractivity contribution in [2.75, 3.05) is 26.7 Å². The highest BCUT2D eigenvalue weighted by atomic mass is 16.5. The summed E-state index contributed by atoms with van der Waals surface area (Å²) in [5.74, 6) is -0.206. The average Bonchev–Trinajstić information content (AvgIpc) is 2.94. The van der Waals surface area contributed by atoms with Crippen molar-refractivity contribution in [1.29, 1.82) is 0 Å². The first-order chi connectivity index (χ1) is 13.3. The SMILES string of the molecule is COC(=O)c1ccc(-n2c(C)cc(C(=O)C[NH+]3C[C@H](C)O[C@@H](C)C3)c2C)cc1. The van der Waals surface area contributed by atoms with E-state index in [1.165, 1.54) is 12.0 Å². The smallest absolute Gasteiger partial charge is 0.337 e. The van der Waals surface area contributed by atoms with Crippen molar-refractivity contribution in [3.8, 4) is 5.69 Å². The van der Waals surface area contributed by atoms with Crippen molar-refractivity contribution < 1.29 is 24.0 Å². The van der Waals surface area contributed by atoms with E-state index in [0.29, 0.717) is 12.1 Å². The number of hydrogen-bond donors (Lipinski definition) is 1. The Hall–Kier alpha value is -2.44. The number of nitrogens with zero attached hydrogens (tertiary/aromatic N) is 1. The van der Waals surface area contributed by atoms with E-state index in [0.717, 1.165) is 35.7 Å². The number of rotatable bonds is 5. The lowest BCUT2D eigenvalue weighted by molar-refractivity contribution is -0.906. The largest absolute Gasteiger partial charge is 0.465 e. The fraction of sp³-hybridized carbons (Fsp3) is 0.455. The van der Waals surface area contributed by atoms with E-state index in [2.05, 4.69) is 13.8 Å². The number of carbonyl (C=O) groups excluding carboxylic acids is 2. The second-order valence-corrected chi connectivity index (χ2v) is 7.67. The van der Waals surface area contributed by atoms with Crippen LogP contribution in [0.25, 0.3) is 5.69 Å². The lowest BCUT2D eigenvalue weighted by atomic mass is 10.1. The van der Waals surface area contributed by atoms with Crippen molar-refractivity contribution >= 4 is 11.8 Å². The number of quaternary nitrogens is 1. The molecule has 2 heterocycles. The highest BCUT2D eigenvalue weighted by Crippen LogP contribution is 2.21. The highest BCUT2D eigenvalue weighted by molar-refractivity contribution is 5.98. The number of carbonyl (C=O) groups is 2. The minimum Gasteiger partial charge on any atom is -0.465 e. The molecule has 1 aromatic carbocycles. The summed E-state index contributed by atoms with van der Waals surface area (Å²) in [5, 5.41) is 0. The molecule has 6 nitrogen and oxygen atoms in total. The Bertz CT molecular complexity index is 859. The standard InChI is InChI=1S/C22H28N2O4/c1-14-10-20(21(25)13-23-11-15(2)28-16(3)12-23)17(4)24(14)19-8-6-18(7-9-19)22(26)27-5/h6-10,15-16H,11-13H2,1-5H3/p+1/t15-,16-/m0/s1. The number of methoxy groups -OCH3 is 1. The normalized spacial score (nSPS) is 22.1. The number of nitrogens with one attached hydrogen (secondary N) is 1. The van der Waals surface area contributed by atoms with Crippen LogP contribution in [0.5, 0.6) is 0 Å². The molecule has 1 N–H and O–H groups in total. The Balaban J connectivity index is 1.81. The monoisotopic (exact) mass is 385 g/mol. The van der Waals surface area contributed by atoms with Gasteiger partial charge in [0, 0.05) is 22.6 Å². The molecule has 1 fully saturated rings. The number of benzene rings is 1. The van der Waals surface area contributed by atoms with Gasteiger partial charge >= 0.3 is 5.97 Å². The van der Waals surface area contributed by atoms with E-state index in [-0.39, 0.29) is 24.0 Å². The molecule has 0 unspecified atom stereocenters. The van der Waals surface area contributed by atoms with Crippen LogP contribution in [0.1, 0.15) is 46.0 Å². The van der Waals surface area contributed by atoms with Crippen molar-refractivity contribution in [1.82, 2.24) is 4.57 Å². The minimum absolute atomic E-state index is 0.154. The number of ether oxygens (including phenoxy) is 2. The Morgan fingerprint density at radius 3 is 2.32 bits per heavy atom. The van der Waals surface area contributed by atoms with Gasteiger partial charge in [-0.15, -0.1) is 0 Å². The van der Waals surface area contributed by atoms with Gasteiger partial charge in [0.15, 0.2) is 0 Å². The zero-order valence-electron chi connectivity index (χ0n) is 17.2. The minimum atomic E-state index is -0.361. The summed E-state index contributed by atoms with van der Waals surface area (Å²) >= 11 is 0. The van der Waals surface area contributed by atoms with Gasteiger partial charge in [-0.05, 0) is 58.0 Å². The molecule has 2 aromatic rings.